The standard InChI is InChI=1S/C15H21NO3/c1-19-15(18)10-13-8-5-9-16(13)14(11-17)12-6-3-2-4-7-12/h2-4,6-7,13-14,17H,5,8-11H2,1H3. The van der Waals surface area contributed by atoms with Gasteiger partial charge in [-0.15, -0.1) is 0 Å². The molecule has 0 radical (unpaired) electrons. The highest BCUT2D eigenvalue weighted by molar-refractivity contribution is 5.70. The summed E-state index contributed by atoms with van der Waals surface area (Å²) in [5.74, 6) is -0.179. The second-order valence-corrected chi connectivity index (χ2v) is 4.92. The van der Waals surface area contributed by atoms with Gasteiger partial charge in [0.05, 0.1) is 26.2 Å². The predicted octanol–water partition coefficient (Wildman–Crippen LogP) is 1.75. The van der Waals surface area contributed by atoms with E-state index in [1.807, 2.05) is 30.3 Å². The minimum atomic E-state index is -0.179. The van der Waals surface area contributed by atoms with Gasteiger partial charge < -0.3 is 9.84 Å². The Kier molecular flexibility index (Phi) is 4.93. The maximum atomic E-state index is 11.4. The topological polar surface area (TPSA) is 49.8 Å². The third-order valence-corrected chi connectivity index (χ3v) is 3.81. The van der Waals surface area contributed by atoms with Crippen LogP contribution in [0.3, 0.4) is 0 Å². The molecule has 104 valence electrons. The molecule has 0 aliphatic carbocycles. The molecular weight excluding hydrogens is 242 g/mol. The van der Waals surface area contributed by atoms with E-state index in [0.29, 0.717) is 6.42 Å². The molecule has 1 aromatic carbocycles. The van der Waals surface area contributed by atoms with E-state index >= 15 is 0 Å². The van der Waals surface area contributed by atoms with Gasteiger partial charge in [-0.1, -0.05) is 30.3 Å². The van der Waals surface area contributed by atoms with E-state index in [4.69, 9.17) is 4.74 Å². The number of carbonyl (C=O) groups excluding carboxylic acids is 1. The molecule has 1 saturated heterocycles. The van der Waals surface area contributed by atoms with Crippen LogP contribution in [0.1, 0.15) is 30.9 Å². The Labute approximate surface area is 114 Å². The van der Waals surface area contributed by atoms with Gasteiger partial charge in [-0.3, -0.25) is 9.69 Å². The summed E-state index contributed by atoms with van der Waals surface area (Å²) < 4.78 is 4.75. The fraction of sp³-hybridized carbons (Fsp3) is 0.533. The number of benzene rings is 1. The first-order chi connectivity index (χ1) is 9.26. The Morgan fingerprint density at radius 1 is 1.47 bits per heavy atom. The number of carbonyl (C=O) groups is 1. The van der Waals surface area contributed by atoms with E-state index in [-0.39, 0.29) is 24.7 Å². The lowest BCUT2D eigenvalue weighted by Gasteiger charge is -2.31. The van der Waals surface area contributed by atoms with Crippen molar-refractivity contribution in [3.8, 4) is 0 Å². The molecule has 1 aliphatic heterocycles. The van der Waals surface area contributed by atoms with Gasteiger partial charge in [0.25, 0.3) is 0 Å². The van der Waals surface area contributed by atoms with Crippen molar-refractivity contribution in [1.82, 2.24) is 4.90 Å². The number of aliphatic hydroxyl groups is 1. The number of nitrogens with zero attached hydrogens (tertiary/aromatic N) is 1. The van der Waals surface area contributed by atoms with Crippen molar-refractivity contribution in [3.05, 3.63) is 35.9 Å². The zero-order valence-corrected chi connectivity index (χ0v) is 11.3. The molecule has 1 fully saturated rings. The van der Waals surface area contributed by atoms with Gasteiger partial charge in [0, 0.05) is 6.04 Å². The van der Waals surface area contributed by atoms with E-state index < -0.39 is 0 Å². The van der Waals surface area contributed by atoms with Crippen LogP contribution in [0.15, 0.2) is 30.3 Å². The first kappa shape index (κ1) is 14.0. The number of rotatable bonds is 5. The van der Waals surface area contributed by atoms with Gasteiger partial charge in [-0.25, -0.2) is 0 Å². The van der Waals surface area contributed by atoms with Crippen molar-refractivity contribution in [2.24, 2.45) is 0 Å². The smallest absolute Gasteiger partial charge is 0.307 e. The summed E-state index contributed by atoms with van der Waals surface area (Å²) in [6.45, 7) is 0.990. The van der Waals surface area contributed by atoms with E-state index in [1.165, 1.54) is 7.11 Å². The first-order valence-corrected chi connectivity index (χ1v) is 6.74. The van der Waals surface area contributed by atoms with E-state index in [0.717, 1.165) is 24.9 Å². The fourth-order valence-electron chi connectivity index (χ4n) is 2.84. The molecule has 0 bridgehead atoms. The van der Waals surface area contributed by atoms with E-state index in [1.54, 1.807) is 0 Å². The first-order valence-electron chi connectivity index (χ1n) is 6.74. The van der Waals surface area contributed by atoms with Gasteiger partial charge in [0.1, 0.15) is 0 Å². The summed E-state index contributed by atoms with van der Waals surface area (Å²) in [7, 11) is 1.42. The van der Waals surface area contributed by atoms with Crippen LogP contribution < -0.4 is 0 Å². The summed E-state index contributed by atoms with van der Waals surface area (Å²) in [5.41, 5.74) is 1.10. The van der Waals surface area contributed by atoms with Gasteiger partial charge >= 0.3 is 5.97 Å². The molecule has 0 saturated carbocycles. The van der Waals surface area contributed by atoms with Crippen molar-refractivity contribution in [2.45, 2.75) is 31.3 Å². The number of methoxy groups -OCH3 is 1. The molecule has 1 aromatic rings. The molecule has 0 amide bonds. The lowest BCUT2D eigenvalue weighted by atomic mass is 10.0. The predicted molar refractivity (Wildman–Crippen MR) is 72.6 cm³/mol. The van der Waals surface area contributed by atoms with Crippen molar-refractivity contribution in [1.29, 1.82) is 0 Å². The van der Waals surface area contributed by atoms with Crippen molar-refractivity contribution < 1.29 is 14.6 Å². The van der Waals surface area contributed by atoms with Crippen LogP contribution in [0.2, 0.25) is 0 Å². The number of ether oxygens (including phenoxy) is 1. The van der Waals surface area contributed by atoms with Crippen LogP contribution in [0, 0.1) is 0 Å². The lowest BCUT2D eigenvalue weighted by molar-refractivity contribution is -0.142. The lowest BCUT2D eigenvalue weighted by Crippen LogP contribution is -2.36. The summed E-state index contributed by atoms with van der Waals surface area (Å²) in [5, 5.41) is 9.69. The minimum Gasteiger partial charge on any atom is -0.469 e. The van der Waals surface area contributed by atoms with Crippen molar-refractivity contribution in [2.75, 3.05) is 20.3 Å². The van der Waals surface area contributed by atoms with Crippen LogP contribution >= 0.6 is 0 Å². The number of hydrogen-bond donors (Lipinski definition) is 1. The normalized spacial score (nSPS) is 21.3. The fourth-order valence-corrected chi connectivity index (χ4v) is 2.84. The monoisotopic (exact) mass is 263 g/mol. The Morgan fingerprint density at radius 2 is 2.21 bits per heavy atom. The zero-order valence-electron chi connectivity index (χ0n) is 11.3. The molecule has 2 rings (SSSR count). The van der Waals surface area contributed by atoms with Crippen LogP contribution in [0.25, 0.3) is 0 Å². The number of aliphatic hydroxyl groups excluding tert-OH is 1. The molecule has 2 unspecified atom stereocenters. The molecule has 4 nitrogen and oxygen atoms in total. The average molecular weight is 263 g/mol. The highest BCUT2D eigenvalue weighted by Gasteiger charge is 2.32. The van der Waals surface area contributed by atoms with Crippen molar-refractivity contribution >= 4 is 5.97 Å². The maximum absolute atomic E-state index is 11.4. The molecule has 2 atom stereocenters. The molecule has 0 spiro atoms. The number of esters is 1. The van der Waals surface area contributed by atoms with Crippen LogP contribution in [0.4, 0.5) is 0 Å². The minimum absolute atomic E-state index is 0.0293. The molecule has 0 aromatic heterocycles. The SMILES string of the molecule is COC(=O)CC1CCCN1C(CO)c1ccccc1. The molecule has 1 aliphatic rings. The number of likely N-dealkylation sites (tertiary alicyclic amines) is 1. The Bertz CT molecular complexity index is 407. The average Bonchev–Trinajstić information content (AvgIpc) is 2.89. The summed E-state index contributed by atoms with van der Waals surface area (Å²) in [6.07, 6.45) is 2.45. The zero-order chi connectivity index (χ0) is 13.7. The summed E-state index contributed by atoms with van der Waals surface area (Å²) in [4.78, 5) is 13.7. The largest absolute Gasteiger partial charge is 0.469 e. The third kappa shape index (κ3) is 3.33. The second-order valence-electron chi connectivity index (χ2n) is 4.92. The maximum Gasteiger partial charge on any atom is 0.307 e. The number of hydrogen-bond acceptors (Lipinski definition) is 4. The molecule has 1 heterocycles. The van der Waals surface area contributed by atoms with Gasteiger partial charge in [-0.05, 0) is 24.9 Å². The Balaban J connectivity index is 2.11. The Morgan fingerprint density at radius 3 is 2.84 bits per heavy atom. The Hall–Kier alpha value is -1.39. The van der Waals surface area contributed by atoms with Crippen LogP contribution in [0.5, 0.6) is 0 Å². The summed E-state index contributed by atoms with van der Waals surface area (Å²) >= 11 is 0. The van der Waals surface area contributed by atoms with Crippen molar-refractivity contribution in [3.63, 3.8) is 0 Å². The van der Waals surface area contributed by atoms with Gasteiger partial charge in [0.2, 0.25) is 0 Å². The van der Waals surface area contributed by atoms with Crippen LogP contribution in [-0.4, -0.2) is 42.3 Å². The van der Waals surface area contributed by atoms with E-state index in [9.17, 15) is 9.90 Å². The van der Waals surface area contributed by atoms with Gasteiger partial charge in [0.15, 0.2) is 0 Å². The van der Waals surface area contributed by atoms with Gasteiger partial charge in [-0.2, -0.15) is 0 Å². The third-order valence-electron chi connectivity index (χ3n) is 3.81. The second kappa shape index (κ2) is 6.68. The highest BCUT2D eigenvalue weighted by atomic mass is 16.5. The summed E-state index contributed by atoms with van der Waals surface area (Å²) in [6, 6.07) is 10.1. The molecule has 1 N–H and O–H groups in total. The highest BCUT2D eigenvalue weighted by Crippen LogP contribution is 2.30. The molecule has 4 heteroatoms. The van der Waals surface area contributed by atoms with E-state index in [2.05, 4.69) is 4.90 Å². The quantitative estimate of drug-likeness (QED) is 0.822. The molecular formula is C15H21NO3. The molecule has 19 heavy (non-hydrogen) atoms. The van der Waals surface area contributed by atoms with Crippen LogP contribution in [-0.2, 0) is 9.53 Å².